The third-order valence-electron chi connectivity index (χ3n) is 3.41. The molecule has 0 saturated heterocycles. The molecule has 6 nitrogen and oxygen atoms in total. The maximum Gasteiger partial charge on any atom is 0.318 e. The molecule has 0 aliphatic heterocycles. The van der Waals surface area contributed by atoms with E-state index in [1.165, 1.54) is 11.3 Å². The van der Waals surface area contributed by atoms with Gasteiger partial charge in [0.2, 0.25) is 0 Å². The molecule has 0 fully saturated rings. The number of H-pyrrole nitrogens is 1. The normalized spacial score (nSPS) is 12.3. The van der Waals surface area contributed by atoms with Crippen molar-refractivity contribution >= 4 is 40.0 Å². The van der Waals surface area contributed by atoms with Crippen LogP contribution in [0.25, 0.3) is 11.0 Å². The maximum atomic E-state index is 12.3. The number of fused-ring (bicyclic) bond motifs is 1. The lowest BCUT2D eigenvalue weighted by Crippen LogP contribution is -2.38. The summed E-state index contributed by atoms with van der Waals surface area (Å²) in [6, 6.07) is 5.04. The molecular weight excluding hydrogens is 334 g/mol. The average molecular weight is 350 g/mol. The number of hydrogen-bond acceptors (Lipinski definition) is 4. The van der Waals surface area contributed by atoms with E-state index in [1.54, 1.807) is 24.2 Å². The Morgan fingerprint density at radius 1 is 1.52 bits per heavy atom. The van der Waals surface area contributed by atoms with Crippen molar-refractivity contribution in [2.45, 2.75) is 19.5 Å². The first-order valence-corrected chi connectivity index (χ1v) is 8.34. The van der Waals surface area contributed by atoms with Crippen LogP contribution in [0.5, 0.6) is 0 Å². The number of thiazole rings is 1. The first kappa shape index (κ1) is 15.8. The van der Waals surface area contributed by atoms with Crippen LogP contribution in [0.3, 0.4) is 0 Å². The Kier molecular flexibility index (Phi) is 4.49. The van der Waals surface area contributed by atoms with E-state index in [1.807, 2.05) is 24.4 Å². The first-order valence-electron chi connectivity index (χ1n) is 7.08. The summed E-state index contributed by atoms with van der Waals surface area (Å²) >= 11 is 7.50. The molecule has 3 rings (SSSR count). The van der Waals surface area contributed by atoms with E-state index in [2.05, 4.69) is 20.3 Å². The Labute approximate surface area is 142 Å². The monoisotopic (exact) mass is 349 g/mol. The average Bonchev–Trinajstić information content (AvgIpc) is 3.15. The van der Waals surface area contributed by atoms with E-state index in [9.17, 15) is 4.79 Å². The van der Waals surface area contributed by atoms with Crippen LogP contribution < -0.4 is 5.32 Å². The molecule has 1 atom stereocenters. The van der Waals surface area contributed by atoms with Crippen molar-refractivity contribution in [3.63, 3.8) is 0 Å². The third kappa shape index (κ3) is 3.62. The predicted octanol–water partition coefficient (Wildman–Crippen LogP) is 3.58. The van der Waals surface area contributed by atoms with E-state index >= 15 is 0 Å². The number of imidazole rings is 1. The zero-order valence-electron chi connectivity index (χ0n) is 12.7. The number of benzene rings is 1. The lowest BCUT2D eigenvalue weighted by atomic mass is 10.3. The molecule has 2 aromatic heterocycles. The Bertz CT molecular complexity index is 817. The zero-order valence-corrected chi connectivity index (χ0v) is 14.3. The maximum absolute atomic E-state index is 12.3. The number of halogens is 1. The second-order valence-electron chi connectivity index (χ2n) is 5.24. The minimum atomic E-state index is -0.243. The lowest BCUT2D eigenvalue weighted by Gasteiger charge is -2.19. The summed E-state index contributed by atoms with van der Waals surface area (Å²) < 4.78 is 0. The van der Waals surface area contributed by atoms with Crippen LogP contribution in [-0.2, 0) is 6.54 Å². The van der Waals surface area contributed by atoms with E-state index in [0.29, 0.717) is 17.4 Å². The van der Waals surface area contributed by atoms with Gasteiger partial charge in [-0.1, -0.05) is 11.6 Å². The van der Waals surface area contributed by atoms with Crippen molar-refractivity contribution in [3.8, 4) is 0 Å². The van der Waals surface area contributed by atoms with Gasteiger partial charge >= 0.3 is 6.03 Å². The zero-order chi connectivity index (χ0) is 16.4. The summed E-state index contributed by atoms with van der Waals surface area (Å²) in [7, 11) is 1.74. The molecule has 120 valence electrons. The number of rotatable bonds is 4. The Morgan fingerprint density at radius 3 is 3.09 bits per heavy atom. The summed E-state index contributed by atoms with van der Waals surface area (Å²) in [5, 5.41) is 6.36. The largest absolute Gasteiger partial charge is 0.340 e. The molecule has 2 heterocycles. The fourth-order valence-corrected chi connectivity index (χ4v) is 3.02. The first-order chi connectivity index (χ1) is 11.0. The molecule has 0 saturated carbocycles. The summed E-state index contributed by atoms with van der Waals surface area (Å²) in [6.45, 7) is 2.36. The number of carbonyl (C=O) groups is 1. The second kappa shape index (κ2) is 6.55. The van der Waals surface area contributed by atoms with Crippen LogP contribution in [0.1, 0.15) is 23.8 Å². The molecule has 2 amide bonds. The Hall–Kier alpha value is -2.12. The molecule has 0 spiro atoms. The van der Waals surface area contributed by atoms with Gasteiger partial charge < -0.3 is 15.2 Å². The smallest absolute Gasteiger partial charge is 0.318 e. The summed E-state index contributed by atoms with van der Waals surface area (Å²) in [5.74, 6) is 0.693. The molecule has 2 N–H and O–H groups in total. The fraction of sp³-hybridized carbons (Fsp3) is 0.267. The van der Waals surface area contributed by atoms with Crippen molar-refractivity contribution in [3.05, 3.63) is 45.6 Å². The van der Waals surface area contributed by atoms with Crippen molar-refractivity contribution in [1.82, 2.24) is 25.2 Å². The van der Waals surface area contributed by atoms with Gasteiger partial charge in [0.15, 0.2) is 0 Å². The fourth-order valence-electron chi connectivity index (χ4n) is 2.18. The SMILES string of the molecule is C[C@H](NC(=O)N(C)Cc1nccs1)c1nc2ccc(Cl)cc2[nH]1. The second-order valence-corrected chi connectivity index (χ2v) is 6.65. The van der Waals surface area contributed by atoms with Crippen molar-refractivity contribution in [1.29, 1.82) is 0 Å². The van der Waals surface area contributed by atoms with Crippen LogP contribution in [0.2, 0.25) is 5.02 Å². The van der Waals surface area contributed by atoms with Gasteiger partial charge in [-0.15, -0.1) is 11.3 Å². The highest BCUT2D eigenvalue weighted by molar-refractivity contribution is 7.09. The van der Waals surface area contributed by atoms with Crippen molar-refractivity contribution in [2.75, 3.05) is 7.05 Å². The highest BCUT2D eigenvalue weighted by atomic mass is 35.5. The van der Waals surface area contributed by atoms with Gasteiger partial charge in [0.1, 0.15) is 10.8 Å². The number of carbonyl (C=O) groups excluding carboxylic acids is 1. The van der Waals surface area contributed by atoms with Crippen LogP contribution in [-0.4, -0.2) is 32.9 Å². The number of aromatic amines is 1. The molecule has 3 aromatic rings. The molecule has 0 aliphatic carbocycles. The standard InChI is InChI=1S/C15H16ClN5OS/c1-9(14-19-11-4-3-10(16)7-12(11)20-14)18-15(22)21(2)8-13-17-5-6-23-13/h3-7,9H,8H2,1-2H3,(H,18,22)(H,19,20)/t9-/m0/s1. The van der Waals surface area contributed by atoms with E-state index in [4.69, 9.17) is 11.6 Å². The highest BCUT2D eigenvalue weighted by Crippen LogP contribution is 2.20. The molecular formula is C15H16ClN5OS. The molecule has 8 heteroatoms. The Balaban J connectivity index is 1.67. The van der Waals surface area contributed by atoms with Gasteiger partial charge in [0.25, 0.3) is 0 Å². The third-order valence-corrected chi connectivity index (χ3v) is 4.41. The molecule has 0 bridgehead atoms. The number of nitrogens with one attached hydrogen (secondary N) is 2. The van der Waals surface area contributed by atoms with Crippen LogP contribution in [0.15, 0.2) is 29.8 Å². The van der Waals surface area contributed by atoms with Gasteiger partial charge in [-0.3, -0.25) is 0 Å². The van der Waals surface area contributed by atoms with Crippen molar-refractivity contribution in [2.24, 2.45) is 0 Å². The molecule has 0 unspecified atom stereocenters. The van der Waals surface area contributed by atoms with Crippen LogP contribution in [0.4, 0.5) is 4.79 Å². The lowest BCUT2D eigenvalue weighted by molar-refractivity contribution is 0.203. The van der Waals surface area contributed by atoms with E-state index < -0.39 is 0 Å². The van der Waals surface area contributed by atoms with Crippen LogP contribution >= 0.6 is 22.9 Å². The van der Waals surface area contributed by atoms with Gasteiger partial charge in [0.05, 0.1) is 23.6 Å². The van der Waals surface area contributed by atoms with Crippen molar-refractivity contribution < 1.29 is 4.79 Å². The van der Waals surface area contributed by atoms with Crippen LogP contribution in [0, 0.1) is 0 Å². The van der Waals surface area contributed by atoms with Gasteiger partial charge in [0, 0.05) is 23.6 Å². The van der Waals surface area contributed by atoms with E-state index in [0.717, 1.165) is 16.0 Å². The topological polar surface area (TPSA) is 73.9 Å². The van der Waals surface area contributed by atoms with Gasteiger partial charge in [-0.05, 0) is 25.1 Å². The number of aromatic nitrogens is 3. The summed E-state index contributed by atoms with van der Waals surface area (Å²) in [6.07, 6.45) is 1.73. The quantitative estimate of drug-likeness (QED) is 0.756. The minimum absolute atomic E-state index is 0.175. The summed E-state index contributed by atoms with van der Waals surface area (Å²) in [4.78, 5) is 25.7. The molecule has 0 aliphatic rings. The molecule has 23 heavy (non-hydrogen) atoms. The molecule has 1 aromatic carbocycles. The number of amides is 2. The van der Waals surface area contributed by atoms with Gasteiger partial charge in [-0.25, -0.2) is 14.8 Å². The highest BCUT2D eigenvalue weighted by Gasteiger charge is 2.17. The Morgan fingerprint density at radius 2 is 2.35 bits per heavy atom. The predicted molar refractivity (Wildman–Crippen MR) is 91.6 cm³/mol. The number of nitrogens with zero attached hydrogens (tertiary/aromatic N) is 3. The number of hydrogen-bond donors (Lipinski definition) is 2. The van der Waals surface area contributed by atoms with Gasteiger partial charge in [-0.2, -0.15) is 0 Å². The number of urea groups is 1. The van der Waals surface area contributed by atoms with E-state index in [-0.39, 0.29) is 12.1 Å². The summed E-state index contributed by atoms with van der Waals surface area (Å²) in [5.41, 5.74) is 1.67. The molecule has 0 radical (unpaired) electrons. The minimum Gasteiger partial charge on any atom is -0.340 e.